The Hall–Kier alpha value is -0.860. The Labute approximate surface area is 130 Å². The molecule has 2 nitrogen and oxygen atoms in total. The van der Waals surface area contributed by atoms with Crippen LogP contribution in [-0.4, -0.2) is 24.5 Å². The second-order valence-corrected chi connectivity index (χ2v) is 6.81. The van der Waals surface area contributed by atoms with Gasteiger partial charge >= 0.3 is 0 Å². The zero-order chi connectivity index (χ0) is 15.2. The van der Waals surface area contributed by atoms with Crippen LogP contribution in [0.4, 0.5) is 0 Å². The van der Waals surface area contributed by atoms with Gasteiger partial charge in [0.1, 0.15) is 0 Å². The van der Waals surface area contributed by atoms with E-state index in [-0.39, 0.29) is 6.04 Å². The summed E-state index contributed by atoms with van der Waals surface area (Å²) in [5.41, 5.74) is 9.14. The van der Waals surface area contributed by atoms with Crippen LogP contribution in [0.1, 0.15) is 63.1 Å². The van der Waals surface area contributed by atoms with Crippen LogP contribution < -0.4 is 5.73 Å². The molecule has 2 atom stereocenters. The van der Waals surface area contributed by atoms with Crippen molar-refractivity contribution in [3.8, 4) is 0 Å². The van der Waals surface area contributed by atoms with E-state index >= 15 is 0 Å². The van der Waals surface area contributed by atoms with Crippen LogP contribution in [0.25, 0.3) is 0 Å². The minimum Gasteiger partial charge on any atom is -0.323 e. The van der Waals surface area contributed by atoms with Crippen molar-refractivity contribution in [1.29, 1.82) is 0 Å². The first-order valence-corrected chi connectivity index (χ1v) is 8.66. The van der Waals surface area contributed by atoms with E-state index in [0.29, 0.717) is 6.04 Å². The SMILES string of the molecule is CCc1ccc(C(N)C(C)N(C)CC2CCCCC2)cc1. The normalized spacial score (nSPS) is 19.7. The van der Waals surface area contributed by atoms with E-state index in [1.165, 1.54) is 49.8 Å². The van der Waals surface area contributed by atoms with Crippen LogP contribution in [0.15, 0.2) is 24.3 Å². The third-order valence-electron chi connectivity index (χ3n) is 5.26. The summed E-state index contributed by atoms with van der Waals surface area (Å²) in [7, 11) is 2.24. The molecule has 118 valence electrons. The van der Waals surface area contributed by atoms with Gasteiger partial charge in [0, 0.05) is 18.6 Å². The molecule has 0 amide bonds. The van der Waals surface area contributed by atoms with Gasteiger partial charge in [-0.25, -0.2) is 0 Å². The van der Waals surface area contributed by atoms with E-state index in [4.69, 9.17) is 5.73 Å². The number of hydrogen-bond donors (Lipinski definition) is 1. The monoisotopic (exact) mass is 288 g/mol. The second-order valence-electron chi connectivity index (χ2n) is 6.81. The zero-order valence-corrected chi connectivity index (χ0v) is 14.0. The maximum atomic E-state index is 6.49. The van der Waals surface area contributed by atoms with Crippen LogP contribution in [0.2, 0.25) is 0 Å². The second kappa shape index (κ2) is 7.95. The summed E-state index contributed by atoms with van der Waals surface area (Å²) in [6, 6.07) is 9.32. The Kier molecular flexibility index (Phi) is 6.25. The van der Waals surface area contributed by atoms with Gasteiger partial charge in [0.2, 0.25) is 0 Å². The Morgan fingerprint density at radius 2 is 1.76 bits per heavy atom. The Bertz CT molecular complexity index is 406. The van der Waals surface area contributed by atoms with Gasteiger partial charge in [-0.15, -0.1) is 0 Å². The van der Waals surface area contributed by atoms with Crippen LogP contribution in [0.5, 0.6) is 0 Å². The molecule has 1 aliphatic rings. The van der Waals surface area contributed by atoms with E-state index in [0.717, 1.165) is 12.3 Å². The van der Waals surface area contributed by atoms with Crippen LogP contribution in [-0.2, 0) is 6.42 Å². The van der Waals surface area contributed by atoms with Gasteiger partial charge in [0.25, 0.3) is 0 Å². The number of hydrogen-bond acceptors (Lipinski definition) is 2. The van der Waals surface area contributed by atoms with Gasteiger partial charge in [-0.05, 0) is 50.3 Å². The van der Waals surface area contributed by atoms with Crippen molar-refractivity contribution in [2.24, 2.45) is 11.7 Å². The number of nitrogens with zero attached hydrogens (tertiary/aromatic N) is 1. The molecule has 2 rings (SSSR count). The first-order chi connectivity index (χ1) is 10.1. The molecule has 2 heteroatoms. The highest BCUT2D eigenvalue weighted by molar-refractivity contribution is 5.25. The van der Waals surface area contributed by atoms with Crippen molar-refractivity contribution in [1.82, 2.24) is 4.90 Å². The Balaban J connectivity index is 1.91. The molecule has 2 N–H and O–H groups in total. The molecular weight excluding hydrogens is 256 g/mol. The molecule has 0 bridgehead atoms. The highest BCUT2D eigenvalue weighted by Crippen LogP contribution is 2.26. The van der Waals surface area contributed by atoms with Crippen molar-refractivity contribution in [3.05, 3.63) is 35.4 Å². The maximum Gasteiger partial charge on any atom is 0.0450 e. The number of rotatable bonds is 6. The highest BCUT2D eigenvalue weighted by Gasteiger charge is 2.22. The smallest absolute Gasteiger partial charge is 0.0450 e. The molecule has 1 saturated carbocycles. The molecular formula is C19H32N2. The predicted molar refractivity (Wildman–Crippen MR) is 91.4 cm³/mol. The van der Waals surface area contributed by atoms with Crippen LogP contribution >= 0.6 is 0 Å². The number of aryl methyl sites for hydroxylation is 1. The summed E-state index contributed by atoms with van der Waals surface area (Å²) in [5.74, 6) is 0.876. The van der Waals surface area contributed by atoms with Gasteiger partial charge in [0.05, 0.1) is 0 Å². The number of nitrogens with two attached hydrogens (primary N) is 1. The first kappa shape index (κ1) is 16.5. The number of benzene rings is 1. The average Bonchev–Trinajstić information content (AvgIpc) is 2.54. The quantitative estimate of drug-likeness (QED) is 0.852. The van der Waals surface area contributed by atoms with Crippen molar-refractivity contribution >= 4 is 0 Å². The molecule has 0 aromatic heterocycles. The number of likely N-dealkylation sites (N-methyl/N-ethyl adjacent to an activating group) is 1. The third kappa shape index (κ3) is 4.55. The van der Waals surface area contributed by atoms with Crippen molar-refractivity contribution < 1.29 is 0 Å². The maximum absolute atomic E-state index is 6.49. The average molecular weight is 288 g/mol. The van der Waals surface area contributed by atoms with Crippen LogP contribution in [0, 0.1) is 5.92 Å². The highest BCUT2D eigenvalue weighted by atomic mass is 15.1. The van der Waals surface area contributed by atoms with Gasteiger partial charge in [-0.1, -0.05) is 50.5 Å². The van der Waals surface area contributed by atoms with E-state index in [1.807, 2.05) is 0 Å². The Morgan fingerprint density at radius 1 is 1.14 bits per heavy atom. The molecule has 21 heavy (non-hydrogen) atoms. The Morgan fingerprint density at radius 3 is 2.33 bits per heavy atom. The fourth-order valence-corrected chi connectivity index (χ4v) is 3.47. The molecule has 1 aromatic carbocycles. The molecule has 0 aliphatic heterocycles. The summed E-state index contributed by atoms with van der Waals surface area (Å²) >= 11 is 0. The van der Waals surface area contributed by atoms with E-state index in [2.05, 4.69) is 50.1 Å². The van der Waals surface area contributed by atoms with Crippen molar-refractivity contribution in [3.63, 3.8) is 0 Å². The molecule has 0 radical (unpaired) electrons. The fraction of sp³-hybridized carbons (Fsp3) is 0.684. The summed E-state index contributed by atoms with van der Waals surface area (Å²) in [5, 5.41) is 0. The molecule has 0 spiro atoms. The lowest BCUT2D eigenvalue weighted by molar-refractivity contribution is 0.173. The zero-order valence-electron chi connectivity index (χ0n) is 14.0. The largest absolute Gasteiger partial charge is 0.323 e. The summed E-state index contributed by atoms with van der Waals surface area (Å²) in [6.07, 6.45) is 8.15. The lowest BCUT2D eigenvalue weighted by Gasteiger charge is -2.34. The molecule has 1 fully saturated rings. The summed E-state index contributed by atoms with van der Waals surface area (Å²) < 4.78 is 0. The van der Waals surface area contributed by atoms with Gasteiger partial charge in [-0.2, -0.15) is 0 Å². The predicted octanol–water partition coefficient (Wildman–Crippen LogP) is 4.15. The molecule has 2 unspecified atom stereocenters. The summed E-state index contributed by atoms with van der Waals surface area (Å²) in [6.45, 7) is 5.65. The van der Waals surface area contributed by atoms with Crippen LogP contribution in [0.3, 0.4) is 0 Å². The third-order valence-corrected chi connectivity index (χ3v) is 5.26. The topological polar surface area (TPSA) is 29.3 Å². The first-order valence-electron chi connectivity index (χ1n) is 8.66. The molecule has 0 saturated heterocycles. The summed E-state index contributed by atoms with van der Waals surface area (Å²) in [4.78, 5) is 2.47. The van der Waals surface area contributed by atoms with Gasteiger partial charge < -0.3 is 10.6 Å². The van der Waals surface area contributed by atoms with Gasteiger partial charge in [-0.3, -0.25) is 0 Å². The standard InChI is InChI=1S/C19H32N2/c1-4-16-10-12-18(13-11-16)19(20)15(2)21(3)14-17-8-6-5-7-9-17/h10-13,15,17,19H,4-9,14,20H2,1-3H3. The van der Waals surface area contributed by atoms with Crippen molar-refractivity contribution in [2.75, 3.05) is 13.6 Å². The minimum absolute atomic E-state index is 0.101. The lowest BCUT2D eigenvalue weighted by atomic mass is 9.88. The van der Waals surface area contributed by atoms with Gasteiger partial charge in [0.15, 0.2) is 0 Å². The van der Waals surface area contributed by atoms with E-state index < -0.39 is 0 Å². The van der Waals surface area contributed by atoms with E-state index in [9.17, 15) is 0 Å². The molecule has 1 aromatic rings. The fourth-order valence-electron chi connectivity index (χ4n) is 3.47. The molecule has 0 heterocycles. The lowest BCUT2D eigenvalue weighted by Crippen LogP contribution is -2.41. The molecule has 1 aliphatic carbocycles. The minimum atomic E-state index is 0.101. The van der Waals surface area contributed by atoms with Crippen molar-refractivity contribution in [2.45, 2.75) is 64.5 Å². The van der Waals surface area contributed by atoms with E-state index in [1.54, 1.807) is 0 Å².